The minimum absolute atomic E-state index is 0.131. The van der Waals surface area contributed by atoms with Crippen molar-refractivity contribution in [2.24, 2.45) is 0 Å². The van der Waals surface area contributed by atoms with Crippen LogP contribution in [0.3, 0.4) is 0 Å². The Bertz CT molecular complexity index is 432. The highest BCUT2D eigenvalue weighted by Gasteiger charge is 2.14. The summed E-state index contributed by atoms with van der Waals surface area (Å²) >= 11 is 0. The predicted octanol–water partition coefficient (Wildman–Crippen LogP) is 1.93. The molecule has 4 nitrogen and oxygen atoms in total. The van der Waals surface area contributed by atoms with E-state index in [1.54, 1.807) is 20.0 Å². The first-order valence-corrected chi connectivity index (χ1v) is 4.97. The monoisotopic (exact) mass is 207 g/mol. The van der Waals surface area contributed by atoms with Crippen LogP contribution in [0.25, 0.3) is 0 Å². The summed E-state index contributed by atoms with van der Waals surface area (Å²) in [5.41, 5.74) is 2.04. The molecule has 0 radical (unpaired) electrons. The molecule has 1 aromatic heterocycles. The third kappa shape index (κ3) is 2.26. The summed E-state index contributed by atoms with van der Waals surface area (Å²) in [6.45, 7) is 5.75. The average molecular weight is 207 g/mol. The molecule has 0 unspecified atom stereocenters. The lowest BCUT2D eigenvalue weighted by Crippen LogP contribution is -2.16. The van der Waals surface area contributed by atoms with Gasteiger partial charge in [-0.3, -0.25) is 4.79 Å². The van der Waals surface area contributed by atoms with E-state index in [0.717, 1.165) is 11.1 Å². The molecule has 0 saturated carbocycles. The van der Waals surface area contributed by atoms with E-state index >= 15 is 0 Å². The van der Waals surface area contributed by atoms with Crippen LogP contribution in [0.2, 0.25) is 0 Å². The van der Waals surface area contributed by atoms with Crippen molar-refractivity contribution >= 4 is 11.5 Å². The van der Waals surface area contributed by atoms with Crippen molar-refractivity contribution in [1.82, 2.24) is 4.98 Å². The van der Waals surface area contributed by atoms with Crippen LogP contribution in [-0.2, 0) is 0 Å². The van der Waals surface area contributed by atoms with E-state index in [1.165, 1.54) is 0 Å². The Morgan fingerprint density at radius 3 is 2.53 bits per heavy atom. The third-order valence-electron chi connectivity index (χ3n) is 2.32. The van der Waals surface area contributed by atoms with Crippen LogP contribution in [0.1, 0.15) is 37.8 Å². The number of hydrogen-bond acceptors (Lipinski definition) is 3. The molecule has 4 heteroatoms. The zero-order valence-electron chi connectivity index (χ0n) is 9.56. The topological polar surface area (TPSA) is 68.7 Å². The third-order valence-corrected chi connectivity index (χ3v) is 2.32. The first-order chi connectivity index (χ1) is 6.97. The summed E-state index contributed by atoms with van der Waals surface area (Å²) in [7, 11) is 1.74. The minimum atomic E-state index is -0.131. The maximum atomic E-state index is 11.4. The van der Waals surface area contributed by atoms with Crippen molar-refractivity contribution in [2.45, 2.75) is 26.7 Å². The summed E-state index contributed by atoms with van der Waals surface area (Å²) in [5.74, 6) is 0.855. The Kier molecular flexibility index (Phi) is 3.29. The van der Waals surface area contributed by atoms with Gasteiger partial charge in [-0.05, 0) is 18.4 Å². The molecule has 0 saturated heterocycles. The number of aromatic nitrogens is 1. The van der Waals surface area contributed by atoms with Gasteiger partial charge in [-0.15, -0.1) is 0 Å². The van der Waals surface area contributed by atoms with Gasteiger partial charge in [-0.25, -0.2) is 0 Å². The fourth-order valence-corrected chi connectivity index (χ4v) is 1.63. The maximum Gasteiger partial charge on any atom is 0.249 e. The van der Waals surface area contributed by atoms with Gasteiger partial charge in [0, 0.05) is 24.4 Å². The normalized spacial score (nSPS) is 10.5. The Morgan fingerprint density at radius 2 is 2.13 bits per heavy atom. The van der Waals surface area contributed by atoms with Crippen LogP contribution >= 0.6 is 0 Å². The van der Waals surface area contributed by atoms with Crippen LogP contribution in [-0.4, -0.2) is 17.7 Å². The van der Waals surface area contributed by atoms with Crippen LogP contribution in [0, 0.1) is 5.41 Å². The molecule has 1 heterocycles. The van der Waals surface area contributed by atoms with E-state index in [1.807, 2.05) is 13.8 Å². The highest BCUT2D eigenvalue weighted by molar-refractivity contribution is 6.02. The number of hydrogen-bond donors (Lipinski definition) is 3. The summed E-state index contributed by atoms with van der Waals surface area (Å²) in [6, 6.07) is 1.57. The first kappa shape index (κ1) is 11.5. The maximum absolute atomic E-state index is 11.4. The molecule has 1 rings (SSSR count). The van der Waals surface area contributed by atoms with Crippen LogP contribution in [0.4, 0.5) is 5.82 Å². The number of nitrogens with one attached hydrogen (secondary N) is 3. The van der Waals surface area contributed by atoms with Gasteiger partial charge in [0.15, 0.2) is 0 Å². The van der Waals surface area contributed by atoms with Gasteiger partial charge < -0.3 is 15.7 Å². The fourth-order valence-electron chi connectivity index (χ4n) is 1.63. The van der Waals surface area contributed by atoms with Gasteiger partial charge >= 0.3 is 0 Å². The first-order valence-electron chi connectivity index (χ1n) is 4.97. The van der Waals surface area contributed by atoms with Gasteiger partial charge in [0.25, 0.3) is 0 Å². The van der Waals surface area contributed by atoms with Crippen molar-refractivity contribution in [3.05, 3.63) is 27.5 Å². The van der Waals surface area contributed by atoms with E-state index in [2.05, 4.69) is 10.3 Å². The lowest BCUT2D eigenvalue weighted by atomic mass is 9.96. The van der Waals surface area contributed by atoms with Crippen LogP contribution in [0.15, 0.2) is 10.9 Å². The number of pyridine rings is 1. The molecule has 0 spiro atoms. The molecule has 3 N–H and O–H groups in total. The summed E-state index contributed by atoms with van der Waals surface area (Å²) in [6.07, 6.45) is 0. The second kappa shape index (κ2) is 4.29. The van der Waals surface area contributed by atoms with E-state index < -0.39 is 0 Å². The SMILES string of the molecule is CNc1[nH]c(=O)cc(C(C)C)c1C(C)=N. The largest absolute Gasteiger partial charge is 0.374 e. The van der Waals surface area contributed by atoms with Crippen molar-refractivity contribution in [2.75, 3.05) is 12.4 Å². The Balaban J connectivity index is 3.54. The van der Waals surface area contributed by atoms with Crippen molar-refractivity contribution in [3.63, 3.8) is 0 Å². The number of rotatable bonds is 3. The van der Waals surface area contributed by atoms with Gasteiger partial charge in [-0.2, -0.15) is 0 Å². The molecule has 0 aliphatic heterocycles. The lowest BCUT2D eigenvalue weighted by Gasteiger charge is -2.15. The quantitative estimate of drug-likeness (QED) is 0.663. The van der Waals surface area contributed by atoms with E-state index in [4.69, 9.17) is 5.41 Å². The summed E-state index contributed by atoms with van der Waals surface area (Å²) in [5, 5.41) is 10.6. The fraction of sp³-hybridized carbons (Fsp3) is 0.455. The van der Waals surface area contributed by atoms with Crippen molar-refractivity contribution < 1.29 is 0 Å². The minimum Gasteiger partial charge on any atom is -0.374 e. The smallest absolute Gasteiger partial charge is 0.249 e. The standard InChI is InChI=1S/C11H17N3O/c1-6(2)8-5-9(15)14-11(13-4)10(8)7(3)12/h5-6,12H,1-4H3,(H2,13,14,15). The second-order valence-corrected chi connectivity index (χ2v) is 3.87. The molecular formula is C11H17N3O. The molecule has 0 amide bonds. The Labute approximate surface area is 89.2 Å². The number of H-pyrrole nitrogens is 1. The molecule has 82 valence electrons. The second-order valence-electron chi connectivity index (χ2n) is 3.87. The Hall–Kier alpha value is -1.58. The van der Waals surface area contributed by atoms with Gasteiger partial charge in [0.2, 0.25) is 5.56 Å². The molecule has 1 aromatic rings. The molecule has 0 aliphatic carbocycles. The molecule has 0 aromatic carbocycles. The number of aromatic amines is 1. The van der Waals surface area contributed by atoms with Crippen LogP contribution < -0.4 is 10.9 Å². The van der Waals surface area contributed by atoms with E-state index in [-0.39, 0.29) is 11.5 Å². The number of anilines is 1. The molecular weight excluding hydrogens is 190 g/mol. The predicted molar refractivity (Wildman–Crippen MR) is 63.2 cm³/mol. The molecule has 0 aliphatic rings. The molecule has 15 heavy (non-hydrogen) atoms. The zero-order chi connectivity index (χ0) is 11.6. The van der Waals surface area contributed by atoms with Crippen LogP contribution in [0.5, 0.6) is 0 Å². The van der Waals surface area contributed by atoms with Gasteiger partial charge in [0.05, 0.1) is 0 Å². The highest BCUT2D eigenvalue weighted by Crippen LogP contribution is 2.22. The van der Waals surface area contributed by atoms with Crippen molar-refractivity contribution in [3.8, 4) is 0 Å². The molecule has 0 fully saturated rings. The molecule has 0 atom stereocenters. The zero-order valence-corrected chi connectivity index (χ0v) is 9.56. The summed E-state index contributed by atoms with van der Waals surface area (Å²) in [4.78, 5) is 14.1. The molecule has 0 bridgehead atoms. The van der Waals surface area contributed by atoms with Gasteiger partial charge in [0.1, 0.15) is 5.82 Å². The van der Waals surface area contributed by atoms with Gasteiger partial charge in [-0.1, -0.05) is 13.8 Å². The highest BCUT2D eigenvalue weighted by atomic mass is 16.1. The average Bonchev–Trinajstić information content (AvgIpc) is 2.15. The van der Waals surface area contributed by atoms with E-state index in [9.17, 15) is 4.79 Å². The Morgan fingerprint density at radius 1 is 1.53 bits per heavy atom. The van der Waals surface area contributed by atoms with Crippen molar-refractivity contribution in [1.29, 1.82) is 5.41 Å². The summed E-state index contributed by atoms with van der Waals surface area (Å²) < 4.78 is 0. The lowest BCUT2D eigenvalue weighted by molar-refractivity contribution is 0.856. The van der Waals surface area contributed by atoms with E-state index in [0.29, 0.717) is 11.5 Å².